The number of carbonyl (C=O) groups is 1. The van der Waals surface area contributed by atoms with Crippen molar-refractivity contribution >= 4 is 17.3 Å². The number of morpholine rings is 1. The molecule has 1 amide bonds. The number of hydrogen-bond donors (Lipinski definition) is 2. The molecule has 1 heterocycles. The summed E-state index contributed by atoms with van der Waals surface area (Å²) in [6.45, 7) is 3.52. The van der Waals surface area contributed by atoms with Gasteiger partial charge in [0.1, 0.15) is 0 Å². The van der Waals surface area contributed by atoms with Gasteiger partial charge in [0.2, 0.25) is 5.91 Å². The second-order valence-electron chi connectivity index (χ2n) is 4.99. The molecule has 0 spiro atoms. The Hall–Kier alpha value is -1.63. The third-order valence-electron chi connectivity index (χ3n) is 3.48. The molecule has 116 valence electrons. The number of nitrogens with two attached hydrogens (primary N) is 1. The molecule has 21 heavy (non-hydrogen) atoms. The Morgan fingerprint density at radius 2 is 2.14 bits per heavy atom. The lowest BCUT2D eigenvalue weighted by Gasteiger charge is -2.30. The summed E-state index contributed by atoms with van der Waals surface area (Å²) in [5.41, 5.74) is 7.65. The largest absolute Gasteiger partial charge is 0.385 e. The number of amides is 1. The van der Waals surface area contributed by atoms with Gasteiger partial charge in [-0.05, 0) is 18.6 Å². The maximum Gasteiger partial charge on any atom is 0.241 e. The van der Waals surface area contributed by atoms with Crippen molar-refractivity contribution in [3.8, 4) is 0 Å². The van der Waals surface area contributed by atoms with Crippen LogP contribution in [-0.2, 0) is 14.3 Å². The Morgan fingerprint density at radius 3 is 2.86 bits per heavy atom. The van der Waals surface area contributed by atoms with Crippen molar-refractivity contribution in [2.45, 2.75) is 12.5 Å². The van der Waals surface area contributed by atoms with Crippen LogP contribution in [0.15, 0.2) is 24.3 Å². The molecule has 1 fully saturated rings. The number of hydrogen-bond acceptors (Lipinski definition) is 5. The SMILES string of the molecule is COCCC(N)C(=O)Nc1ccccc1N1CCOCC1. The zero-order valence-electron chi connectivity index (χ0n) is 12.4. The van der Waals surface area contributed by atoms with E-state index < -0.39 is 6.04 Å². The van der Waals surface area contributed by atoms with Crippen molar-refractivity contribution in [3.63, 3.8) is 0 Å². The van der Waals surface area contributed by atoms with E-state index in [1.54, 1.807) is 7.11 Å². The minimum Gasteiger partial charge on any atom is -0.385 e. The summed E-state index contributed by atoms with van der Waals surface area (Å²) in [5, 5.41) is 2.91. The first-order valence-corrected chi connectivity index (χ1v) is 7.19. The van der Waals surface area contributed by atoms with Gasteiger partial charge < -0.3 is 25.4 Å². The van der Waals surface area contributed by atoms with Gasteiger partial charge in [0.15, 0.2) is 0 Å². The van der Waals surface area contributed by atoms with Gasteiger partial charge in [-0.25, -0.2) is 0 Å². The zero-order chi connectivity index (χ0) is 15.1. The number of nitrogens with zero attached hydrogens (tertiary/aromatic N) is 1. The molecule has 2 rings (SSSR count). The number of methoxy groups -OCH3 is 1. The lowest BCUT2D eigenvalue weighted by molar-refractivity contribution is -0.117. The Morgan fingerprint density at radius 1 is 1.43 bits per heavy atom. The van der Waals surface area contributed by atoms with Crippen LogP contribution in [0.5, 0.6) is 0 Å². The highest BCUT2D eigenvalue weighted by atomic mass is 16.5. The highest BCUT2D eigenvalue weighted by Crippen LogP contribution is 2.26. The number of nitrogens with one attached hydrogen (secondary N) is 1. The molecular weight excluding hydrogens is 270 g/mol. The van der Waals surface area contributed by atoms with Crippen LogP contribution in [0.1, 0.15) is 6.42 Å². The average Bonchev–Trinajstić information content (AvgIpc) is 2.54. The maximum absolute atomic E-state index is 12.1. The van der Waals surface area contributed by atoms with Crippen molar-refractivity contribution in [1.29, 1.82) is 0 Å². The van der Waals surface area contributed by atoms with Crippen LogP contribution in [0.25, 0.3) is 0 Å². The molecule has 0 radical (unpaired) electrons. The van der Waals surface area contributed by atoms with E-state index in [1.165, 1.54) is 0 Å². The second-order valence-corrected chi connectivity index (χ2v) is 4.99. The van der Waals surface area contributed by atoms with E-state index in [1.807, 2.05) is 24.3 Å². The van der Waals surface area contributed by atoms with E-state index >= 15 is 0 Å². The lowest BCUT2D eigenvalue weighted by atomic mass is 10.2. The predicted octanol–water partition coefficient (Wildman–Crippen LogP) is 0.825. The Balaban J connectivity index is 2.03. The first-order valence-electron chi connectivity index (χ1n) is 7.19. The number of rotatable bonds is 6. The predicted molar refractivity (Wildman–Crippen MR) is 82.6 cm³/mol. The molecule has 1 saturated heterocycles. The number of anilines is 2. The smallest absolute Gasteiger partial charge is 0.241 e. The van der Waals surface area contributed by atoms with Crippen LogP contribution in [0.2, 0.25) is 0 Å². The molecule has 1 aromatic carbocycles. The summed E-state index contributed by atoms with van der Waals surface area (Å²) < 4.78 is 10.3. The average molecular weight is 293 g/mol. The third-order valence-corrected chi connectivity index (χ3v) is 3.48. The summed E-state index contributed by atoms with van der Waals surface area (Å²) in [6, 6.07) is 7.20. The van der Waals surface area contributed by atoms with E-state index in [-0.39, 0.29) is 5.91 Å². The molecule has 3 N–H and O–H groups in total. The molecule has 1 aromatic rings. The molecule has 1 unspecified atom stereocenters. The van der Waals surface area contributed by atoms with Crippen molar-refractivity contribution in [2.24, 2.45) is 5.73 Å². The van der Waals surface area contributed by atoms with Gasteiger partial charge in [-0.1, -0.05) is 12.1 Å². The molecule has 0 saturated carbocycles. The molecule has 6 nitrogen and oxygen atoms in total. The fourth-order valence-corrected chi connectivity index (χ4v) is 2.26. The number of para-hydroxylation sites is 2. The zero-order valence-corrected chi connectivity index (χ0v) is 12.4. The summed E-state index contributed by atoms with van der Waals surface area (Å²) in [5.74, 6) is -0.187. The van der Waals surface area contributed by atoms with Gasteiger partial charge in [-0.2, -0.15) is 0 Å². The minimum atomic E-state index is -0.567. The topological polar surface area (TPSA) is 76.8 Å². The van der Waals surface area contributed by atoms with E-state index in [0.717, 1.165) is 24.5 Å². The standard InChI is InChI=1S/C15H23N3O3/c1-20-9-6-12(16)15(19)17-13-4-2-3-5-14(13)18-7-10-21-11-8-18/h2-5,12H,6-11,16H2,1H3,(H,17,19). The molecule has 0 aliphatic carbocycles. The van der Waals surface area contributed by atoms with Crippen LogP contribution in [0.4, 0.5) is 11.4 Å². The van der Waals surface area contributed by atoms with Crippen LogP contribution in [0.3, 0.4) is 0 Å². The van der Waals surface area contributed by atoms with E-state index in [4.69, 9.17) is 15.2 Å². The highest BCUT2D eigenvalue weighted by molar-refractivity contribution is 5.97. The van der Waals surface area contributed by atoms with Gasteiger partial charge in [-0.15, -0.1) is 0 Å². The molecule has 6 heteroatoms. The molecule has 0 bridgehead atoms. The van der Waals surface area contributed by atoms with Crippen molar-refractivity contribution in [2.75, 3.05) is 50.2 Å². The molecule has 1 aliphatic rings. The quantitative estimate of drug-likeness (QED) is 0.812. The number of ether oxygens (including phenoxy) is 2. The van der Waals surface area contributed by atoms with Gasteiger partial charge in [0.05, 0.1) is 30.6 Å². The molecule has 1 atom stereocenters. The van der Waals surface area contributed by atoms with E-state index in [0.29, 0.717) is 26.2 Å². The summed E-state index contributed by atoms with van der Waals surface area (Å²) in [4.78, 5) is 14.3. The molecule has 0 aromatic heterocycles. The Labute approximate surface area is 125 Å². The van der Waals surface area contributed by atoms with Crippen LogP contribution < -0.4 is 16.0 Å². The fourth-order valence-electron chi connectivity index (χ4n) is 2.26. The summed E-state index contributed by atoms with van der Waals surface area (Å²) in [6.07, 6.45) is 0.502. The number of benzene rings is 1. The van der Waals surface area contributed by atoms with Gasteiger partial charge in [-0.3, -0.25) is 4.79 Å². The monoisotopic (exact) mass is 293 g/mol. The highest BCUT2D eigenvalue weighted by Gasteiger charge is 2.18. The van der Waals surface area contributed by atoms with Crippen LogP contribution in [-0.4, -0.2) is 52.0 Å². The van der Waals surface area contributed by atoms with Crippen LogP contribution >= 0.6 is 0 Å². The fraction of sp³-hybridized carbons (Fsp3) is 0.533. The van der Waals surface area contributed by atoms with Crippen molar-refractivity contribution < 1.29 is 14.3 Å². The normalized spacial score (nSPS) is 16.6. The minimum absolute atomic E-state index is 0.187. The van der Waals surface area contributed by atoms with E-state index in [2.05, 4.69) is 10.2 Å². The first kappa shape index (κ1) is 15.8. The maximum atomic E-state index is 12.1. The number of carbonyl (C=O) groups excluding carboxylic acids is 1. The Kier molecular flexibility index (Phi) is 5.98. The Bertz CT molecular complexity index is 461. The first-order chi connectivity index (χ1) is 10.2. The van der Waals surface area contributed by atoms with Crippen LogP contribution in [0, 0.1) is 0 Å². The van der Waals surface area contributed by atoms with Gasteiger partial charge in [0, 0.05) is 26.8 Å². The summed E-state index contributed by atoms with van der Waals surface area (Å²) >= 11 is 0. The van der Waals surface area contributed by atoms with Gasteiger partial charge >= 0.3 is 0 Å². The van der Waals surface area contributed by atoms with Crippen molar-refractivity contribution in [1.82, 2.24) is 0 Å². The van der Waals surface area contributed by atoms with Gasteiger partial charge in [0.25, 0.3) is 0 Å². The molecular formula is C15H23N3O3. The molecule has 1 aliphatic heterocycles. The van der Waals surface area contributed by atoms with Crippen molar-refractivity contribution in [3.05, 3.63) is 24.3 Å². The van der Waals surface area contributed by atoms with E-state index in [9.17, 15) is 4.79 Å². The third kappa shape index (κ3) is 4.42. The summed E-state index contributed by atoms with van der Waals surface area (Å²) in [7, 11) is 1.60. The second kappa shape index (κ2) is 7.97. The lowest BCUT2D eigenvalue weighted by Crippen LogP contribution is -2.39.